The van der Waals surface area contributed by atoms with Crippen molar-refractivity contribution in [2.24, 2.45) is 0 Å². The Morgan fingerprint density at radius 1 is 1.34 bits per heavy atom. The van der Waals surface area contributed by atoms with Gasteiger partial charge in [-0.05, 0) is 31.9 Å². The van der Waals surface area contributed by atoms with Crippen LogP contribution in [0.5, 0.6) is 0 Å². The second-order valence-corrected chi connectivity index (χ2v) is 6.45. The Morgan fingerprint density at radius 3 is 2.62 bits per heavy atom. The van der Waals surface area contributed by atoms with Gasteiger partial charge in [-0.1, -0.05) is 0 Å². The number of hydrogen-bond acceptors (Lipinski definition) is 8. The Hall–Kier alpha value is -3.87. The summed E-state index contributed by atoms with van der Waals surface area (Å²) in [6.07, 6.45) is 1.91. The maximum atomic E-state index is 12.6. The maximum Gasteiger partial charge on any atom is 0.342 e. The number of nitro groups is 1. The van der Waals surface area contributed by atoms with Crippen LogP contribution in [0.3, 0.4) is 0 Å². The predicted molar refractivity (Wildman–Crippen MR) is 102 cm³/mol. The Kier molecular flexibility index (Phi) is 5.50. The van der Waals surface area contributed by atoms with E-state index in [-0.39, 0.29) is 34.0 Å². The summed E-state index contributed by atoms with van der Waals surface area (Å²) < 4.78 is 9.96. The Bertz CT molecular complexity index is 1030. The number of nitrogens with one attached hydrogen (secondary N) is 1. The summed E-state index contributed by atoms with van der Waals surface area (Å²) in [4.78, 5) is 37.3. The molecular formula is C19H18N4O6. The topological polar surface area (TPSA) is 139 Å². The maximum absolute atomic E-state index is 12.6. The highest BCUT2D eigenvalue weighted by atomic mass is 16.6. The van der Waals surface area contributed by atoms with E-state index in [1.54, 1.807) is 0 Å². The molecule has 1 amide bonds. The minimum Gasteiger partial charge on any atom is -0.465 e. The molecule has 0 radical (unpaired) electrons. The number of nitriles is 1. The number of amides is 1. The van der Waals surface area contributed by atoms with Crippen molar-refractivity contribution < 1.29 is 23.7 Å². The van der Waals surface area contributed by atoms with Crippen LogP contribution >= 0.6 is 0 Å². The Labute approximate surface area is 165 Å². The van der Waals surface area contributed by atoms with Crippen LogP contribution in [0.4, 0.5) is 17.3 Å². The van der Waals surface area contributed by atoms with Crippen LogP contribution in [0.25, 0.3) is 0 Å². The molecule has 0 spiro atoms. The van der Waals surface area contributed by atoms with Crippen molar-refractivity contribution in [2.45, 2.75) is 19.8 Å². The van der Waals surface area contributed by atoms with E-state index >= 15 is 0 Å². The summed E-state index contributed by atoms with van der Waals surface area (Å²) in [6.45, 7) is 2.90. The van der Waals surface area contributed by atoms with Gasteiger partial charge >= 0.3 is 5.97 Å². The van der Waals surface area contributed by atoms with Crippen molar-refractivity contribution in [1.82, 2.24) is 0 Å². The molecule has 1 N–H and O–H groups in total. The third-order valence-electron chi connectivity index (χ3n) is 4.69. The molecule has 1 aliphatic heterocycles. The molecule has 2 heterocycles. The lowest BCUT2D eigenvalue weighted by molar-refractivity contribution is -0.384. The average Bonchev–Trinajstić information content (AvgIpc) is 3.34. The molecule has 0 atom stereocenters. The molecule has 10 nitrogen and oxygen atoms in total. The van der Waals surface area contributed by atoms with E-state index in [1.165, 1.54) is 25.1 Å². The zero-order valence-corrected chi connectivity index (χ0v) is 15.9. The Morgan fingerprint density at radius 2 is 2.03 bits per heavy atom. The standard InChI is InChI=1S/C19H18N4O6/c1-11-16(19(25)28-2)13(10-20)18(29-11)21-17(24)12-5-6-14(15(9-12)23(26)27)22-7-3-4-8-22/h5-6,9H,3-4,7-8H2,1-2H3,(H,21,24). The molecule has 1 aromatic heterocycles. The van der Waals surface area contributed by atoms with Crippen molar-refractivity contribution in [3.05, 3.63) is 50.8 Å². The fourth-order valence-corrected chi connectivity index (χ4v) is 3.30. The molecule has 0 saturated carbocycles. The summed E-state index contributed by atoms with van der Waals surface area (Å²) in [5.74, 6) is -1.59. The number of furan rings is 1. The van der Waals surface area contributed by atoms with Crippen molar-refractivity contribution in [1.29, 1.82) is 5.26 Å². The first-order valence-electron chi connectivity index (χ1n) is 8.84. The molecule has 1 saturated heterocycles. The quantitative estimate of drug-likeness (QED) is 0.461. The van der Waals surface area contributed by atoms with E-state index in [0.29, 0.717) is 5.69 Å². The molecule has 1 fully saturated rings. The molecule has 0 unspecified atom stereocenters. The van der Waals surface area contributed by atoms with Gasteiger partial charge in [0, 0.05) is 24.7 Å². The number of benzene rings is 1. The van der Waals surface area contributed by atoms with Gasteiger partial charge in [0.15, 0.2) is 0 Å². The number of carbonyl (C=O) groups excluding carboxylic acids is 2. The van der Waals surface area contributed by atoms with Gasteiger partial charge in [0.2, 0.25) is 5.88 Å². The summed E-state index contributed by atoms with van der Waals surface area (Å²) in [5, 5.41) is 23.3. The van der Waals surface area contributed by atoms with Crippen molar-refractivity contribution in [2.75, 3.05) is 30.4 Å². The van der Waals surface area contributed by atoms with Crippen molar-refractivity contribution in [3.8, 4) is 6.07 Å². The van der Waals surface area contributed by atoms with E-state index in [9.17, 15) is 25.0 Å². The summed E-state index contributed by atoms with van der Waals surface area (Å²) in [7, 11) is 1.16. The smallest absolute Gasteiger partial charge is 0.342 e. The van der Waals surface area contributed by atoms with Gasteiger partial charge in [0.25, 0.3) is 11.6 Å². The number of nitrogens with zero attached hydrogens (tertiary/aromatic N) is 3. The van der Waals surface area contributed by atoms with Crippen LogP contribution in [0.2, 0.25) is 0 Å². The highest BCUT2D eigenvalue weighted by Gasteiger charge is 2.27. The monoisotopic (exact) mass is 398 g/mol. The van der Waals surface area contributed by atoms with Crippen LogP contribution in [-0.4, -0.2) is 37.0 Å². The zero-order valence-electron chi connectivity index (χ0n) is 15.9. The number of aryl methyl sites for hydroxylation is 1. The van der Waals surface area contributed by atoms with E-state index in [4.69, 9.17) is 4.42 Å². The van der Waals surface area contributed by atoms with Crippen LogP contribution in [0, 0.1) is 28.4 Å². The van der Waals surface area contributed by atoms with Crippen LogP contribution < -0.4 is 10.2 Å². The van der Waals surface area contributed by atoms with Crippen LogP contribution in [0.15, 0.2) is 22.6 Å². The number of esters is 1. The van der Waals surface area contributed by atoms with Crippen molar-refractivity contribution >= 4 is 29.1 Å². The van der Waals surface area contributed by atoms with Gasteiger partial charge in [-0.15, -0.1) is 0 Å². The number of methoxy groups -OCH3 is 1. The number of ether oxygens (including phenoxy) is 1. The normalized spacial score (nSPS) is 13.1. The lowest BCUT2D eigenvalue weighted by Gasteiger charge is -2.17. The SMILES string of the molecule is COC(=O)c1c(C)oc(NC(=O)c2ccc(N3CCCC3)c([N+](=O)[O-])c2)c1C#N. The van der Waals surface area contributed by atoms with E-state index in [2.05, 4.69) is 10.1 Å². The van der Waals surface area contributed by atoms with Gasteiger partial charge in [0.1, 0.15) is 28.6 Å². The van der Waals surface area contributed by atoms with Crippen LogP contribution in [-0.2, 0) is 4.74 Å². The molecule has 29 heavy (non-hydrogen) atoms. The first-order chi connectivity index (χ1) is 13.9. The van der Waals surface area contributed by atoms with E-state index < -0.39 is 16.8 Å². The highest BCUT2D eigenvalue weighted by molar-refractivity contribution is 6.06. The minimum atomic E-state index is -0.770. The second-order valence-electron chi connectivity index (χ2n) is 6.45. The zero-order chi connectivity index (χ0) is 21.1. The fourth-order valence-electron chi connectivity index (χ4n) is 3.30. The van der Waals surface area contributed by atoms with Gasteiger partial charge in [-0.25, -0.2) is 4.79 Å². The second kappa shape index (κ2) is 8.02. The molecule has 1 aliphatic rings. The van der Waals surface area contributed by atoms with Gasteiger partial charge in [-0.3, -0.25) is 20.2 Å². The number of anilines is 2. The van der Waals surface area contributed by atoms with E-state index in [1.807, 2.05) is 11.0 Å². The first-order valence-corrected chi connectivity index (χ1v) is 8.84. The number of hydrogen-bond donors (Lipinski definition) is 1. The summed E-state index contributed by atoms with van der Waals surface area (Å²) >= 11 is 0. The number of carbonyl (C=O) groups is 2. The third kappa shape index (κ3) is 3.75. The van der Waals surface area contributed by atoms with Crippen LogP contribution in [0.1, 0.15) is 44.9 Å². The fraction of sp³-hybridized carbons (Fsp3) is 0.316. The molecule has 0 aliphatic carbocycles. The first kappa shape index (κ1) is 19.9. The van der Waals surface area contributed by atoms with Crippen molar-refractivity contribution in [3.63, 3.8) is 0 Å². The molecule has 1 aromatic carbocycles. The molecule has 0 bridgehead atoms. The van der Waals surface area contributed by atoms with Gasteiger partial charge in [0.05, 0.1) is 12.0 Å². The largest absolute Gasteiger partial charge is 0.465 e. The van der Waals surface area contributed by atoms with Gasteiger partial charge in [-0.2, -0.15) is 5.26 Å². The number of nitro benzene ring substituents is 1. The minimum absolute atomic E-state index is 0.0252. The number of rotatable bonds is 5. The van der Waals surface area contributed by atoms with Gasteiger partial charge < -0.3 is 14.1 Å². The lowest BCUT2D eigenvalue weighted by atomic mass is 10.1. The average molecular weight is 398 g/mol. The molecule has 10 heteroatoms. The highest BCUT2D eigenvalue weighted by Crippen LogP contribution is 2.32. The molecule has 150 valence electrons. The predicted octanol–water partition coefficient (Wildman–Crippen LogP) is 3.01. The molecule has 3 rings (SSSR count). The summed E-state index contributed by atoms with van der Waals surface area (Å²) in [6, 6.07) is 6.01. The lowest BCUT2D eigenvalue weighted by Crippen LogP contribution is -2.20. The molecular weight excluding hydrogens is 380 g/mol. The third-order valence-corrected chi connectivity index (χ3v) is 4.69. The Balaban J connectivity index is 1.92. The summed E-state index contributed by atoms with van der Waals surface area (Å²) in [5.41, 5.74) is 0.0540. The molecule has 2 aromatic rings. The van der Waals surface area contributed by atoms with E-state index in [0.717, 1.165) is 33.0 Å².